The predicted molar refractivity (Wildman–Crippen MR) is 109 cm³/mol. The molecule has 1 aromatic heterocycles. The maximum absolute atomic E-state index is 12.9. The third kappa shape index (κ3) is 3.84. The highest BCUT2D eigenvalue weighted by molar-refractivity contribution is 6.39. The van der Waals surface area contributed by atoms with Gasteiger partial charge < -0.3 is 14.7 Å². The molecule has 0 spiro atoms. The molecule has 1 N–H and O–H groups in total. The Kier molecular flexibility index (Phi) is 5.50. The highest BCUT2D eigenvalue weighted by Gasteiger charge is 2.32. The summed E-state index contributed by atoms with van der Waals surface area (Å²) in [5, 5.41) is 7.68. The van der Waals surface area contributed by atoms with Crippen molar-refractivity contribution in [1.82, 2.24) is 15.0 Å². The lowest BCUT2D eigenvalue weighted by Gasteiger charge is -2.33. The first-order chi connectivity index (χ1) is 13.6. The van der Waals surface area contributed by atoms with E-state index < -0.39 is 0 Å². The summed E-state index contributed by atoms with van der Waals surface area (Å²) in [7, 11) is 0. The van der Waals surface area contributed by atoms with Crippen molar-refractivity contribution in [3.8, 4) is 11.4 Å². The van der Waals surface area contributed by atoms with Crippen LogP contribution in [0.5, 0.6) is 0 Å². The fourth-order valence-electron chi connectivity index (χ4n) is 3.30. The molecule has 8 heteroatoms. The zero-order chi connectivity index (χ0) is 19.5. The molecule has 0 radical (unpaired) electrons. The number of hydrogen-bond donors (Lipinski definition) is 1. The van der Waals surface area contributed by atoms with Crippen molar-refractivity contribution in [3.05, 3.63) is 64.5 Å². The van der Waals surface area contributed by atoms with Gasteiger partial charge in [0.05, 0.1) is 15.7 Å². The minimum atomic E-state index is -0.292. The molecule has 3 aromatic rings. The number of rotatable bonds is 3. The van der Waals surface area contributed by atoms with Crippen molar-refractivity contribution in [2.45, 2.75) is 25.3 Å². The molecule has 1 aliphatic heterocycles. The molecule has 1 fully saturated rings. The summed E-state index contributed by atoms with van der Waals surface area (Å²) in [6.07, 6.45) is 2.63. The quantitative estimate of drug-likeness (QED) is 0.585. The Morgan fingerprint density at radius 3 is 2.57 bits per heavy atom. The Morgan fingerprint density at radius 2 is 1.82 bits per heavy atom. The summed E-state index contributed by atoms with van der Waals surface area (Å²) in [6.45, 7) is 0.585. The van der Waals surface area contributed by atoms with E-state index in [0.717, 1.165) is 24.8 Å². The van der Waals surface area contributed by atoms with Gasteiger partial charge in [0.25, 0.3) is 0 Å². The van der Waals surface area contributed by atoms with E-state index in [1.54, 1.807) is 23.1 Å². The van der Waals surface area contributed by atoms with Crippen LogP contribution in [0.15, 0.2) is 53.1 Å². The molecule has 28 heavy (non-hydrogen) atoms. The van der Waals surface area contributed by atoms with Crippen LogP contribution in [-0.2, 0) is 0 Å². The maximum Gasteiger partial charge on any atom is 0.322 e. The van der Waals surface area contributed by atoms with Crippen LogP contribution in [0, 0.1) is 0 Å². The maximum atomic E-state index is 12.9. The number of urea groups is 1. The lowest BCUT2D eigenvalue weighted by atomic mass is 10.0. The van der Waals surface area contributed by atoms with Crippen LogP contribution in [0.25, 0.3) is 11.4 Å². The molecule has 0 unspecified atom stereocenters. The minimum absolute atomic E-state index is 0.292. The predicted octanol–water partition coefficient (Wildman–Crippen LogP) is 5.80. The number of para-hydroxylation sites is 1. The van der Waals surface area contributed by atoms with Gasteiger partial charge in [0.15, 0.2) is 0 Å². The zero-order valence-corrected chi connectivity index (χ0v) is 16.5. The van der Waals surface area contributed by atoms with E-state index in [0.29, 0.717) is 34.0 Å². The van der Waals surface area contributed by atoms with Crippen LogP contribution >= 0.6 is 23.2 Å². The van der Waals surface area contributed by atoms with Gasteiger partial charge in [0, 0.05) is 12.1 Å². The molecule has 1 saturated heterocycles. The van der Waals surface area contributed by atoms with Crippen molar-refractivity contribution in [2.24, 2.45) is 0 Å². The van der Waals surface area contributed by atoms with Crippen LogP contribution in [-0.4, -0.2) is 27.6 Å². The van der Waals surface area contributed by atoms with Gasteiger partial charge in [-0.1, -0.05) is 64.8 Å². The van der Waals surface area contributed by atoms with Crippen LogP contribution < -0.4 is 5.32 Å². The number of carbonyl (C=O) groups excluding carboxylic acids is 1. The topological polar surface area (TPSA) is 71.3 Å². The fraction of sp³-hybridized carbons (Fsp3) is 0.250. The molecule has 2 heterocycles. The van der Waals surface area contributed by atoms with Crippen LogP contribution in [0.1, 0.15) is 31.2 Å². The van der Waals surface area contributed by atoms with E-state index in [-0.39, 0.29) is 12.1 Å². The zero-order valence-electron chi connectivity index (χ0n) is 14.9. The summed E-state index contributed by atoms with van der Waals surface area (Å²) in [4.78, 5) is 19.2. The van der Waals surface area contributed by atoms with Gasteiger partial charge in [-0.2, -0.15) is 4.98 Å². The van der Waals surface area contributed by atoms with E-state index in [1.807, 2.05) is 30.3 Å². The average molecular weight is 417 g/mol. The number of aromatic nitrogens is 2. The van der Waals surface area contributed by atoms with Gasteiger partial charge in [0.1, 0.15) is 6.04 Å². The lowest BCUT2D eigenvalue weighted by Crippen LogP contribution is -2.41. The van der Waals surface area contributed by atoms with Crippen LogP contribution in [0.3, 0.4) is 0 Å². The highest BCUT2D eigenvalue weighted by atomic mass is 35.5. The number of amides is 2. The number of nitrogens with one attached hydrogen (secondary N) is 1. The van der Waals surface area contributed by atoms with Gasteiger partial charge >= 0.3 is 6.03 Å². The van der Waals surface area contributed by atoms with Crippen molar-refractivity contribution in [2.75, 3.05) is 11.9 Å². The fourth-order valence-corrected chi connectivity index (χ4v) is 3.79. The molecule has 1 aliphatic rings. The van der Waals surface area contributed by atoms with Crippen molar-refractivity contribution in [3.63, 3.8) is 0 Å². The number of piperidine rings is 1. The molecule has 144 valence electrons. The molecule has 6 nitrogen and oxygen atoms in total. The standard InChI is InChI=1S/C20H18Cl2N4O2/c21-14-9-6-10-15(22)17(14)23-20(27)26-12-5-4-11-16(26)19-24-18(25-28-19)13-7-2-1-3-8-13/h1-3,6-10,16H,4-5,11-12H2,(H,23,27)/t16-/m1/s1. The summed E-state index contributed by atoms with van der Waals surface area (Å²) >= 11 is 12.4. The largest absolute Gasteiger partial charge is 0.337 e. The van der Waals surface area contributed by atoms with Gasteiger partial charge in [0.2, 0.25) is 11.7 Å². The Labute approximate surface area is 172 Å². The minimum Gasteiger partial charge on any atom is -0.337 e. The third-order valence-electron chi connectivity index (χ3n) is 4.72. The second-order valence-electron chi connectivity index (χ2n) is 6.55. The summed E-state index contributed by atoms with van der Waals surface area (Å²) < 4.78 is 5.50. The molecular formula is C20H18Cl2N4O2. The first-order valence-electron chi connectivity index (χ1n) is 9.04. The van der Waals surface area contributed by atoms with Crippen molar-refractivity contribution in [1.29, 1.82) is 0 Å². The number of likely N-dealkylation sites (tertiary alicyclic amines) is 1. The third-order valence-corrected chi connectivity index (χ3v) is 5.35. The molecule has 2 amide bonds. The van der Waals surface area contributed by atoms with Gasteiger partial charge in [-0.25, -0.2) is 4.79 Å². The van der Waals surface area contributed by atoms with E-state index in [4.69, 9.17) is 27.7 Å². The van der Waals surface area contributed by atoms with E-state index in [9.17, 15) is 4.79 Å². The Morgan fingerprint density at radius 1 is 1.07 bits per heavy atom. The SMILES string of the molecule is O=C(Nc1c(Cl)cccc1Cl)N1CCCC[C@@H]1c1nc(-c2ccccc2)no1. The molecule has 2 aromatic carbocycles. The van der Waals surface area contributed by atoms with E-state index in [1.165, 1.54) is 0 Å². The number of carbonyl (C=O) groups is 1. The number of benzene rings is 2. The van der Waals surface area contributed by atoms with Gasteiger partial charge in [-0.05, 0) is 31.4 Å². The van der Waals surface area contributed by atoms with E-state index in [2.05, 4.69) is 15.5 Å². The monoisotopic (exact) mass is 416 g/mol. The Bertz CT molecular complexity index is 957. The normalized spacial score (nSPS) is 16.8. The second-order valence-corrected chi connectivity index (χ2v) is 7.37. The Balaban J connectivity index is 1.57. The van der Waals surface area contributed by atoms with Crippen LogP contribution in [0.2, 0.25) is 10.0 Å². The molecule has 0 saturated carbocycles. The average Bonchev–Trinajstić information content (AvgIpc) is 3.21. The summed E-state index contributed by atoms with van der Waals surface area (Å²) in [5.74, 6) is 0.939. The molecule has 1 atom stereocenters. The van der Waals surface area contributed by atoms with Crippen molar-refractivity contribution >= 4 is 34.9 Å². The first-order valence-corrected chi connectivity index (χ1v) is 9.80. The molecule has 4 rings (SSSR count). The van der Waals surface area contributed by atoms with Gasteiger partial charge in [-0.3, -0.25) is 0 Å². The highest BCUT2D eigenvalue weighted by Crippen LogP contribution is 2.34. The number of hydrogen-bond acceptors (Lipinski definition) is 4. The first kappa shape index (κ1) is 18.8. The molecule has 0 bridgehead atoms. The Hall–Kier alpha value is -2.57. The lowest BCUT2D eigenvalue weighted by molar-refractivity contribution is 0.142. The second kappa shape index (κ2) is 8.20. The molecular weight excluding hydrogens is 399 g/mol. The van der Waals surface area contributed by atoms with E-state index >= 15 is 0 Å². The summed E-state index contributed by atoms with van der Waals surface area (Å²) in [5.41, 5.74) is 1.27. The number of halogens is 2. The van der Waals surface area contributed by atoms with Crippen LogP contribution in [0.4, 0.5) is 10.5 Å². The summed E-state index contributed by atoms with van der Waals surface area (Å²) in [6, 6.07) is 14.1. The smallest absolute Gasteiger partial charge is 0.322 e. The number of anilines is 1. The molecule has 0 aliphatic carbocycles. The van der Waals surface area contributed by atoms with Gasteiger partial charge in [-0.15, -0.1) is 0 Å². The number of nitrogens with zero attached hydrogens (tertiary/aromatic N) is 3. The van der Waals surface area contributed by atoms with Crippen molar-refractivity contribution < 1.29 is 9.32 Å².